The van der Waals surface area contributed by atoms with E-state index in [1.165, 1.54) is 11.8 Å². The molecule has 186 valence electrons. The number of carbonyl (C=O) groups excluding carboxylic acids is 5. The molecule has 0 aromatic rings. The quantitative estimate of drug-likeness (QED) is 0.101. The highest BCUT2D eigenvalue weighted by Crippen LogP contribution is 2.05. The number of hydrogen-bond acceptors (Lipinski definition) is 9. The fourth-order valence-corrected chi connectivity index (χ4v) is 2.97. The number of primary amides is 1. The highest BCUT2D eigenvalue weighted by atomic mass is 32.2. The van der Waals surface area contributed by atoms with Crippen molar-refractivity contribution in [1.82, 2.24) is 16.0 Å². The van der Waals surface area contributed by atoms with Crippen molar-refractivity contribution in [3.05, 3.63) is 0 Å². The van der Waals surface area contributed by atoms with Gasteiger partial charge < -0.3 is 42.4 Å². The molecule has 0 aliphatic heterocycles. The summed E-state index contributed by atoms with van der Waals surface area (Å²) in [5.74, 6) is -5.66. The van der Waals surface area contributed by atoms with Gasteiger partial charge in [-0.15, -0.1) is 0 Å². The van der Waals surface area contributed by atoms with Crippen molar-refractivity contribution in [2.24, 2.45) is 11.5 Å². The van der Waals surface area contributed by atoms with Crippen LogP contribution < -0.4 is 27.4 Å². The van der Waals surface area contributed by atoms with E-state index in [0.29, 0.717) is 5.75 Å². The molecule has 0 saturated heterocycles. The average molecular weight is 492 g/mol. The second-order valence-corrected chi connectivity index (χ2v) is 7.95. The Hall–Kier alpha value is -3.20. The maximum atomic E-state index is 12.8. The maximum Gasteiger partial charge on any atom is 0.305 e. The first-order chi connectivity index (χ1) is 15.4. The Labute approximate surface area is 193 Å². The van der Waals surface area contributed by atoms with E-state index in [1.54, 1.807) is 6.26 Å². The van der Waals surface area contributed by atoms with E-state index in [2.05, 4.69) is 16.0 Å². The number of nitrogens with two attached hydrogens (primary N) is 2. The molecule has 4 atom stereocenters. The summed E-state index contributed by atoms with van der Waals surface area (Å²) < 4.78 is 0. The van der Waals surface area contributed by atoms with Gasteiger partial charge in [0.05, 0.1) is 24.9 Å². The third kappa shape index (κ3) is 13.1. The van der Waals surface area contributed by atoms with E-state index in [4.69, 9.17) is 21.7 Å². The highest BCUT2D eigenvalue weighted by molar-refractivity contribution is 7.98. The molecule has 14 nitrogen and oxygen atoms in total. The monoisotopic (exact) mass is 491 g/mol. The molecule has 33 heavy (non-hydrogen) atoms. The van der Waals surface area contributed by atoms with E-state index in [-0.39, 0.29) is 25.5 Å². The number of aliphatic carboxylic acids is 2. The molecule has 0 saturated carbocycles. The Morgan fingerprint density at radius 1 is 0.879 bits per heavy atom. The van der Waals surface area contributed by atoms with Gasteiger partial charge in [-0.05, 0) is 24.9 Å². The van der Waals surface area contributed by atoms with Gasteiger partial charge in [-0.3, -0.25) is 28.8 Å². The van der Waals surface area contributed by atoms with Crippen molar-refractivity contribution in [1.29, 1.82) is 0 Å². The molecule has 0 aliphatic rings. The topological polar surface area (TPSA) is 248 Å². The molecule has 0 aromatic carbocycles. The van der Waals surface area contributed by atoms with Crippen molar-refractivity contribution in [2.45, 2.75) is 56.3 Å². The molecular weight excluding hydrogens is 462 g/mol. The lowest BCUT2D eigenvalue weighted by atomic mass is 10.1. The van der Waals surface area contributed by atoms with Gasteiger partial charge >= 0.3 is 11.9 Å². The van der Waals surface area contributed by atoms with Gasteiger partial charge in [-0.2, -0.15) is 11.8 Å². The largest absolute Gasteiger partial charge is 0.481 e. The number of nitrogens with one attached hydrogen (secondary N) is 3. The van der Waals surface area contributed by atoms with E-state index in [1.807, 2.05) is 0 Å². The summed E-state index contributed by atoms with van der Waals surface area (Å²) in [4.78, 5) is 81.2. The zero-order valence-electron chi connectivity index (χ0n) is 17.9. The molecule has 0 unspecified atom stereocenters. The van der Waals surface area contributed by atoms with Crippen LogP contribution >= 0.6 is 11.8 Å². The van der Waals surface area contributed by atoms with Gasteiger partial charge in [0.2, 0.25) is 23.6 Å². The van der Waals surface area contributed by atoms with Crippen LogP contribution in [0.25, 0.3) is 0 Å². The van der Waals surface area contributed by atoms with Crippen molar-refractivity contribution in [2.75, 3.05) is 12.0 Å². The summed E-state index contributed by atoms with van der Waals surface area (Å²) in [6.07, 6.45) is 0.144. The zero-order chi connectivity index (χ0) is 25.6. The van der Waals surface area contributed by atoms with Crippen LogP contribution in [0.3, 0.4) is 0 Å². The minimum atomic E-state index is -1.41. The summed E-state index contributed by atoms with van der Waals surface area (Å²) in [7, 11) is 0. The fourth-order valence-electron chi connectivity index (χ4n) is 2.50. The van der Waals surface area contributed by atoms with Gasteiger partial charge in [0.1, 0.15) is 18.4 Å². The molecule has 0 spiro atoms. The molecule has 0 aromatic heterocycles. The van der Waals surface area contributed by atoms with Gasteiger partial charge in [0, 0.05) is 6.42 Å². The van der Waals surface area contributed by atoms with Crippen LogP contribution in [0, 0.1) is 0 Å². The van der Waals surface area contributed by atoms with Crippen LogP contribution in [-0.4, -0.2) is 88.2 Å². The van der Waals surface area contributed by atoms with Crippen molar-refractivity contribution in [3.63, 3.8) is 0 Å². The van der Waals surface area contributed by atoms with E-state index in [9.17, 15) is 33.6 Å². The standard InChI is InChI=1S/C18H29N5O9S/c1-33-5-4-12(22-16(30)10(19)7-15(28)29)18(32)23-11(2-3-13(20)25)17(31)21-9(8-24)6-14(26)27/h8-12H,2-7,19H2,1H3,(H2,20,25)(H,21,31)(H,22,30)(H,23,32)(H,26,27)(H,28,29)/t9-,10-,11-,12-/m0/s1. The van der Waals surface area contributed by atoms with Crippen LogP contribution in [-0.2, 0) is 33.6 Å². The smallest absolute Gasteiger partial charge is 0.305 e. The predicted octanol–water partition coefficient (Wildman–Crippen LogP) is -3.06. The lowest BCUT2D eigenvalue weighted by Gasteiger charge is -2.24. The normalized spacial score (nSPS) is 14.1. The third-order valence-electron chi connectivity index (χ3n) is 4.17. The van der Waals surface area contributed by atoms with Gasteiger partial charge in [-0.25, -0.2) is 0 Å². The molecule has 0 bridgehead atoms. The Kier molecular flexibility index (Phi) is 14.1. The lowest BCUT2D eigenvalue weighted by Crippen LogP contribution is -2.57. The lowest BCUT2D eigenvalue weighted by molar-refractivity contribution is -0.140. The fraction of sp³-hybridized carbons (Fsp3) is 0.611. The highest BCUT2D eigenvalue weighted by Gasteiger charge is 2.29. The Morgan fingerprint density at radius 3 is 1.88 bits per heavy atom. The molecular formula is C18H29N5O9S. The summed E-state index contributed by atoms with van der Waals surface area (Å²) >= 11 is 1.36. The van der Waals surface area contributed by atoms with Crippen LogP contribution in [0.1, 0.15) is 32.1 Å². The minimum Gasteiger partial charge on any atom is -0.481 e. The first kappa shape index (κ1) is 29.8. The van der Waals surface area contributed by atoms with Crippen molar-refractivity contribution in [3.8, 4) is 0 Å². The molecule has 0 fully saturated rings. The van der Waals surface area contributed by atoms with E-state index >= 15 is 0 Å². The molecule has 0 heterocycles. The van der Waals surface area contributed by atoms with Crippen LogP contribution in [0.5, 0.6) is 0 Å². The van der Waals surface area contributed by atoms with Crippen LogP contribution in [0.4, 0.5) is 0 Å². The number of thioether (sulfide) groups is 1. The average Bonchev–Trinajstić information content (AvgIpc) is 2.71. The summed E-state index contributed by atoms with van der Waals surface area (Å²) in [5, 5.41) is 24.4. The number of aldehydes is 1. The Balaban J connectivity index is 5.46. The van der Waals surface area contributed by atoms with E-state index in [0.717, 1.165) is 0 Å². The first-order valence-corrected chi connectivity index (χ1v) is 11.1. The number of carboxylic acids is 2. The molecule has 0 radical (unpaired) electrons. The Morgan fingerprint density at radius 2 is 1.39 bits per heavy atom. The number of carbonyl (C=O) groups is 7. The molecule has 15 heteroatoms. The molecule has 4 amide bonds. The van der Waals surface area contributed by atoms with Gasteiger partial charge in [0.25, 0.3) is 0 Å². The number of carboxylic acid groups (broad SMARTS) is 2. The van der Waals surface area contributed by atoms with Gasteiger partial charge in [0.15, 0.2) is 0 Å². The van der Waals surface area contributed by atoms with Crippen LogP contribution in [0.2, 0.25) is 0 Å². The summed E-state index contributed by atoms with van der Waals surface area (Å²) in [6, 6.07) is -5.34. The minimum absolute atomic E-state index is 0.110. The van der Waals surface area contributed by atoms with E-state index < -0.39 is 72.6 Å². The molecule has 0 rings (SSSR count). The van der Waals surface area contributed by atoms with Gasteiger partial charge in [-0.1, -0.05) is 0 Å². The second kappa shape index (κ2) is 15.6. The number of hydrogen-bond donors (Lipinski definition) is 7. The maximum absolute atomic E-state index is 12.8. The molecule has 9 N–H and O–H groups in total. The Bertz CT molecular complexity index is 749. The zero-order valence-corrected chi connectivity index (χ0v) is 18.8. The SMILES string of the molecule is CSCC[C@H](NC(=O)[C@@H](N)CC(=O)O)C(=O)N[C@@H](CCC(N)=O)C(=O)N[C@H](C=O)CC(=O)O. The van der Waals surface area contributed by atoms with Crippen molar-refractivity contribution >= 4 is 53.6 Å². The number of amides is 4. The molecule has 0 aliphatic carbocycles. The first-order valence-electron chi connectivity index (χ1n) is 9.74. The number of rotatable bonds is 17. The third-order valence-corrected chi connectivity index (χ3v) is 4.82. The van der Waals surface area contributed by atoms with Crippen LogP contribution in [0.15, 0.2) is 0 Å². The predicted molar refractivity (Wildman–Crippen MR) is 116 cm³/mol. The van der Waals surface area contributed by atoms with Crippen molar-refractivity contribution < 1.29 is 43.8 Å². The summed E-state index contributed by atoms with van der Waals surface area (Å²) in [6.45, 7) is 0. The summed E-state index contributed by atoms with van der Waals surface area (Å²) in [5.41, 5.74) is 10.6. The second-order valence-electron chi connectivity index (χ2n) is 6.96.